The van der Waals surface area contributed by atoms with Crippen LogP contribution in [-0.2, 0) is 12.0 Å². The Labute approximate surface area is 131 Å². The molecule has 3 nitrogen and oxygen atoms in total. The molecule has 0 saturated heterocycles. The van der Waals surface area contributed by atoms with E-state index in [2.05, 4.69) is 50.0 Å². The van der Waals surface area contributed by atoms with Crippen LogP contribution in [0.5, 0.6) is 0 Å². The van der Waals surface area contributed by atoms with E-state index in [0.29, 0.717) is 6.54 Å². The van der Waals surface area contributed by atoms with E-state index in [-0.39, 0.29) is 5.41 Å². The first-order valence-electron chi connectivity index (χ1n) is 7.54. The highest BCUT2D eigenvalue weighted by Gasteiger charge is 2.14. The minimum atomic E-state index is 0.114. The summed E-state index contributed by atoms with van der Waals surface area (Å²) in [5, 5.41) is 0. The summed E-state index contributed by atoms with van der Waals surface area (Å²) < 4.78 is 0. The number of nitrogens with zero attached hydrogens (tertiary/aromatic N) is 2. The van der Waals surface area contributed by atoms with Crippen LogP contribution in [-0.4, -0.2) is 9.97 Å². The molecule has 0 unspecified atom stereocenters. The van der Waals surface area contributed by atoms with E-state index in [1.54, 1.807) is 0 Å². The molecule has 0 amide bonds. The molecule has 1 aromatic heterocycles. The molecule has 0 radical (unpaired) electrons. The van der Waals surface area contributed by atoms with E-state index in [4.69, 9.17) is 10.7 Å². The Balaban J connectivity index is 2.15. The number of hydrogen-bond donors (Lipinski definition) is 1. The summed E-state index contributed by atoms with van der Waals surface area (Å²) in [6.45, 7) is 7.11. The normalized spacial score (nSPS) is 11.8. The van der Waals surface area contributed by atoms with Gasteiger partial charge in [0.05, 0.1) is 22.9 Å². The van der Waals surface area contributed by atoms with E-state index in [0.717, 1.165) is 27.9 Å². The zero-order valence-electron chi connectivity index (χ0n) is 13.3. The van der Waals surface area contributed by atoms with Crippen molar-refractivity contribution < 1.29 is 0 Å². The fourth-order valence-electron chi connectivity index (χ4n) is 2.54. The summed E-state index contributed by atoms with van der Waals surface area (Å²) in [5.74, 6) is 0. The lowest BCUT2D eigenvalue weighted by molar-refractivity contribution is 0.590. The van der Waals surface area contributed by atoms with Gasteiger partial charge in [-0.15, -0.1) is 0 Å². The molecule has 3 rings (SSSR count). The molecule has 0 atom stereocenters. The SMILES string of the molecule is CC(C)(C)c1cccc(-c2cnc3cccc(CN)c3n2)c1. The summed E-state index contributed by atoms with van der Waals surface area (Å²) in [4.78, 5) is 9.34. The lowest BCUT2D eigenvalue weighted by Gasteiger charge is -2.19. The third-order valence-corrected chi connectivity index (χ3v) is 3.90. The van der Waals surface area contributed by atoms with E-state index in [9.17, 15) is 0 Å². The maximum absolute atomic E-state index is 5.82. The Morgan fingerprint density at radius 1 is 1.05 bits per heavy atom. The predicted octanol–water partition coefficient (Wildman–Crippen LogP) is 4.05. The van der Waals surface area contributed by atoms with Crippen LogP contribution < -0.4 is 5.73 Å². The van der Waals surface area contributed by atoms with Crippen molar-refractivity contribution in [3.63, 3.8) is 0 Å². The molecule has 0 bridgehead atoms. The first-order chi connectivity index (χ1) is 10.5. The Morgan fingerprint density at radius 2 is 1.82 bits per heavy atom. The van der Waals surface area contributed by atoms with Crippen LogP contribution in [0.1, 0.15) is 31.9 Å². The van der Waals surface area contributed by atoms with Crippen LogP contribution in [0.25, 0.3) is 22.3 Å². The number of aromatic nitrogens is 2. The standard InChI is InChI=1S/C19H21N3/c1-19(2,3)15-8-4-6-13(10-15)17-12-21-16-9-5-7-14(11-20)18(16)22-17/h4-10,12H,11,20H2,1-3H3. The minimum absolute atomic E-state index is 0.114. The summed E-state index contributed by atoms with van der Waals surface area (Å²) in [7, 11) is 0. The highest BCUT2D eigenvalue weighted by molar-refractivity contribution is 5.80. The second-order valence-corrected chi connectivity index (χ2v) is 6.58. The van der Waals surface area contributed by atoms with Crippen molar-refractivity contribution in [1.82, 2.24) is 9.97 Å². The van der Waals surface area contributed by atoms with Gasteiger partial charge in [-0.25, -0.2) is 4.98 Å². The molecule has 0 aliphatic heterocycles. The highest BCUT2D eigenvalue weighted by Crippen LogP contribution is 2.27. The molecule has 2 N–H and O–H groups in total. The van der Waals surface area contributed by atoms with E-state index >= 15 is 0 Å². The first kappa shape index (κ1) is 14.7. The molecule has 0 aliphatic rings. The Morgan fingerprint density at radius 3 is 2.55 bits per heavy atom. The second-order valence-electron chi connectivity index (χ2n) is 6.58. The molecular weight excluding hydrogens is 270 g/mol. The molecule has 0 saturated carbocycles. The van der Waals surface area contributed by atoms with Crippen LogP contribution in [0.2, 0.25) is 0 Å². The molecule has 1 heterocycles. The summed E-state index contributed by atoms with van der Waals surface area (Å²) in [6, 6.07) is 14.5. The van der Waals surface area contributed by atoms with E-state index in [1.807, 2.05) is 24.4 Å². The van der Waals surface area contributed by atoms with Gasteiger partial charge in [-0.2, -0.15) is 0 Å². The van der Waals surface area contributed by atoms with Gasteiger partial charge in [0.25, 0.3) is 0 Å². The molecule has 112 valence electrons. The van der Waals surface area contributed by atoms with Gasteiger partial charge in [0.15, 0.2) is 0 Å². The van der Waals surface area contributed by atoms with Crippen molar-refractivity contribution in [3.8, 4) is 11.3 Å². The molecule has 0 fully saturated rings. The summed E-state index contributed by atoms with van der Waals surface area (Å²) in [5.41, 5.74) is 12.0. The monoisotopic (exact) mass is 291 g/mol. The van der Waals surface area contributed by atoms with Crippen molar-refractivity contribution in [2.24, 2.45) is 5.73 Å². The van der Waals surface area contributed by atoms with Gasteiger partial charge in [0.1, 0.15) is 0 Å². The topological polar surface area (TPSA) is 51.8 Å². The molecular formula is C19H21N3. The number of hydrogen-bond acceptors (Lipinski definition) is 3. The quantitative estimate of drug-likeness (QED) is 0.775. The fraction of sp³-hybridized carbons (Fsp3) is 0.263. The number of fused-ring (bicyclic) bond motifs is 1. The Kier molecular flexibility index (Phi) is 3.67. The lowest BCUT2D eigenvalue weighted by atomic mass is 9.86. The van der Waals surface area contributed by atoms with Gasteiger partial charge in [0.2, 0.25) is 0 Å². The average molecular weight is 291 g/mol. The third-order valence-electron chi connectivity index (χ3n) is 3.90. The van der Waals surface area contributed by atoms with E-state index in [1.165, 1.54) is 5.56 Å². The zero-order valence-corrected chi connectivity index (χ0v) is 13.3. The van der Waals surface area contributed by atoms with Crippen molar-refractivity contribution in [3.05, 3.63) is 59.8 Å². The van der Waals surface area contributed by atoms with Gasteiger partial charge < -0.3 is 5.73 Å². The van der Waals surface area contributed by atoms with Crippen LogP contribution in [0.4, 0.5) is 0 Å². The largest absolute Gasteiger partial charge is 0.326 e. The molecule has 3 aromatic rings. The summed E-state index contributed by atoms with van der Waals surface area (Å²) in [6.07, 6.45) is 1.84. The van der Waals surface area contributed by atoms with E-state index < -0.39 is 0 Å². The first-order valence-corrected chi connectivity index (χ1v) is 7.54. The highest BCUT2D eigenvalue weighted by atomic mass is 14.8. The van der Waals surface area contributed by atoms with Gasteiger partial charge in [-0.3, -0.25) is 4.98 Å². The van der Waals surface area contributed by atoms with Crippen molar-refractivity contribution in [1.29, 1.82) is 0 Å². The number of nitrogens with two attached hydrogens (primary N) is 1. The van der Waals surface area contributed by atoms with Gasteiger partial charge in [-0.1, -0.05) is 51.1 Å². The molecule has 22 heavy (non-hydrogen) atoms. The maximum atomic E-state index is 5.82. The summed E-state index contributed by atoms with van der Waals surface area (Å²) >= 11 is 0. The smallest absolute Gasteiger partial charge is 0.0939 e. The molecule has 0 spiro atoms. The van der Waals surface area contributed by atoms with Crippen LogP contribution >= 0.6 is 0 Å². The predicted molar refractivity (Wildman–Crippen MR) is 91.6 cm³/mol. The fourth-order valence-corrected chi connectivity index (χ4v) is 2.54. The lowest BCUT2D eigenvalue weighted by Crippen LogP contribution is -2.10. The van der Waals surface area contributed by atoms with Crippen LogP contribution in [0.15, 0.2) is 48.7 Å². The van der Waals surface area contributed by atoms with Crippen molar-refractivity contribution >= 4 is 11.0 Å². The Hall–Kier alpha value is -2.26. The number of rotatable bonds is 2. The van der Waals surface area contributed by atoms with Crippen LogP contribution in [0.3, 0.4) is 0 Å². The maximum Gasteiger partial charge on any atom is 0.0939 e. The van der Waals surface area contributed by atoms with Crippen LogP contribution in [0, 0.1) is 0 Å². The van der Waals surface area contributed by atoms with Gasteiger partial charge >= 0.3 is 0 Å². The molecule has 2 aromatic carbocycles. The van der Waals surface area contributed by atoms with Gasteiger partial charge in [-0.05, 0) is 28.7 Å². The molecule has 3 heteroatoms. The van der Waals surface area contributed by atoms with Crippen molar-refractivity contribution in [2.45, 2.75) is 32.7 Å². The third kappa shape index (κ3) is 2.72. The second kappa shape index (κ2) is 5.50. The minimum Gasteiger partial charge on any atom is -0.326 e. The zero-order chi connectivity index (χ0) is 15.7. The van der Waals surface area contributed by atoms with Crippen molar-refractivity contribution in [2.75, 3.05) is 0 Å². The van der Waals surface area contributed by atoms with Gasteiger partial charge in [0, 0.05) is 12.1 Å². The number of para-hydroxylation sites is 1. The Bertz CT molecular complexity index is 816. The molecule has 0 aliphatic carbocycles. The number of benzene rings is 2. The average Bonchev–Trinajstić information content (AvgIpc) is 2.53.